The largest absolute Gasteiger partial charge is 0.507 e. The van der Waals surface area contributed by atoms with E-state index in [0.29, 0.717) is 22.6 Å². The summed E-state index contributed by atoms with van der Waals surface area (Å²) in [5, 5.41) is 11.1. The summed E-state index contributed by atoms with van der Waals surface area (Å²) in [7, 11) is 3.11. The Morgan fingerprint density at radius 1 is 0.969 bits per heavy atom. The molecule has 3 aromatic rings. The van der Waals surface area contributed by atoms with E-state index in [1.807, 2.05) is 6.07 Å². The second kappa shape index (κ2) is 8.93. The normalized spacial score (nSPS) is 17.4. The maximum Gasteiger partial charge on any atom is 0.295 e. The number of aliphatic hydroxyl groups excluding tert-OH is 1. The Hall–Kier alpha value is -4.13. The van der Waals surface area contributed by atoms with Crippen LogP contribution in [0.15, 0.2) is 78.6 Å². The standard InChI is InChI=1S/C25H22N2O5/c1-31-19-9-5-17(6-10-19)22-21(23(28)18-7-11-20(32-2)12-8-18)24(29)25(30)27(22)15-16-4-3-13-26-14-16/h3-14,22,28H,15H2,1-2H3. The molecule has 1 fully saturated rings. The van der Waals surface area contributed by atoms with E-state index in [2.05, 4.69) is 4.98 Å². The van der Waals surface area contributed by atoms with Gasteiger partial charge in [0, 0.05) is 24.5 Å². The first-order valence-corrected chi connectivity index (χ1v) is 9.99. The number of carbonyl (C=O) groups is 2. The minimum atomic E-state index is -0.761. The van der Waals surface area contributed by atoms with Crippen molar-refractivity contribution >= 4 is 17.4 Å². The lowest BCUT2D eigenvalue weighted by molar-refractivity contribution is -0.140. The molecule has 7 nitrogen and oxygen atoms in total. The van der Waals surface area contributed by atoms with Gasteiger partial charge in [-0.2, -0.15) is 0 Å². The molecule has 1 atom stereocenters. The van der Waals surface area contributed by atoms with Gasteiger partial charge in [-0.3, -0.25) is 14.6 Å². The first-order chi connectivity index (χ1) is 15.5. The number of aromatic nitrogens is 1. The molecule has 0 radical (unpaired) electrons. The van der Waals surface area contributed by atoms with Gasteiger partial charge in [0.25, 0.3) is 11.7 Å². The van der Waals surface area contributed by atoms with Crippen LogP contribution in [0, 0.1) is 0 Å². The Balaban J connectivity index is 1.83. The monoisotopic (exact) mass is 430 g/mol. The minimum absolute atomic E-state index is 0.0363. The molecule has 0 spiro atoms. The van der Waals surface area contributed by atoms with Crippen LogP contribution in [0.1, 0.15) is 22.7 Å². The van der Waals surface area contributed by atoms with E-state index in [4.69, 9.17) is 9.47 Å². The van der Waals surface area contributed by atoms with Crippen molar-refractivity contribution in [3.05, 3.63) is 95.3 Å². The van der Waals surface area contributed by atoms with Crippen molar-refractivity contribution in [3.8, 4) is 11.5 Å². The van der Waals surface area contributed by atoms with Crippen molar-refractivity contribution in [1.82, 2.24) is 9.88 Å². The molecule has 1 aliphatic rings. The van der Waals surface area contributed by atoms with Crippen LogP contribution in [-0.4, -0.2) is 40.9 Å². The molecule has 0 saturated carbocycles. The average molecular weight is 430 g/mol. The zero-order valence-electron chi connectivity index (χ0n) is 17.7. The Morgan fingerprint density at radius 2 is 1.59 bits per heavy atom. The van der Waals surface area contributed by atoms with Crippen molar-refractivity contribution in [1.29, 1.82) is 0 Å². The molecule has 162 valence electrons. The van der Waals surface area contributed by atoms with Crippen molar-refractivity contribution in [2.24, 2.45) is 0 Å². The lowest BCUT2D eigenvalue weighted by Gasteiger charge is -2.25. The van der Waals surface area contributed by atoms with Crippen molar-refractivity contribution in [2.45, 2.75) is 12.6 Å². The summed E-state index contributed by atoms with van der Waals surface area (Å²) >= 11 is 0. The van der Waals surface area contributed by atoms with Crippen molar-refractivity contribution in [3.63, 3.8) is 0 Å². The lowest BCUT2D eigenvalue weighted by atomic mass is 9.95. The Morgan fingerprint density at radius 3 is 2.16 bits per heavy atom. The van der Waals surface area contributed by atoms with Gasteiger partial charge in [0.1, 0.15) is 17.3 Å². The summed E-state index contributed by atoms with van der Waals surface area (Å²) in [6.07, 6.45) is 3.29. The van der Waals surface area contributed by atoms with Crippen LogP contribution in [0.25, 0.3) is 5.76 Å². The second-order valence-corrected chi connectivity index (χ2v) is 7.29. The van der Waals surface area contributed by atoms with Crippen LogP contribution in [0.3, 0.4) is 0 Å². The van der Waals surface area contributed by atoms with E-state index in [9.17, 15) is 14.7 Å². The maximum absolute atomic E-state index is 13.1. The van der Waals surface area contributed by atoms with Gasteiger partial charge in [-0.25, -0.2) is 0 Å². The first-order valence-electron chi connectivity index (χ1n) is 9.99. The molecule has 1 aromatic heterocycles. The number of hydrogen-bond acceptors (Lipinski definition) is 6. The van der Waals surface area contributed by atoms with Crippen LogP contribution < -0.4 is 9.47 Å². The van der Waals surface area contributed by atoms with Crippen LogP contribution in [0.4, 0.5) is 0 Å². The smallest absolute Gasteiger partial charge is 0.295 e. The van der Waals surface area contributed by atoms with E-state index in [0.717, 1.165) is 5.56 Å². The van der Waals surface area contributed by atoms with Crippen molar-refractivity contribution < 1.29 is 24.2 Å². The lowest BCUT2D eigenvalue weighted by Crippen LogP contribution is -2.29. The third-order valence-corrected chi connectivity index (χ3v) is 5.41. The number of benzene rings is 2. The van der Waals surface area contributed by atoms with E-state index < -0.39 is 17.7 Å². The number of pyridine rings is 1. The van der Waals surface area contributed by atoms with Gasteiger partial charge in [0.2, 0.25) is 0 Å². The summed E-state index contributed by atoms with van der Waals surface area (Å²) in [5.74, 6) is -0.383. The molecule has 2 aromatic carbocycles. The number of nitrogens with zero attached hydrogens (tertiary/aromatic N) is 2. The van der Waals surface area contributed by atoms with Gasteiger partial charge in [0.05, 0.1) is 25.8 Å². The highest BCUT2D eigenvalue weighted by Gasteiger charge is 2.46. The molecule has 32 heavy (non-hydrogen) atoms. The van der Waals surface area contributed by atoms with Crippen molar-refractivity contribution in [2.75, 3.05) is 14.2 Å². The van der Waals surface area contributed by atoms with Gasteiger partial charge >= 0.3 is 0 Å². The summed E-state index contributed by atoms with van der Waals surface area (Å²) in [6.45, 7) is 0.175. The number of methoxy groups -OCH3 is 2. The van der Waals surface area contributed by atoms with Gasteiger partial charge < -0.3 is 19.5 Å². The Kier molecular flexibility index (Phi) is 5.89. The number of rotatable bonds is 6. The predicted octanol–water partition coefficient (Wildman–Crippen LogP) is 3.72. The molecule has 4 rings (SSSR count). The summed E-state index contributed by atoms with van der Waals surface area (Å²) in [5.41, 5.74) is 1.92. The number of amides is 1. The van der Waals surface area contributed by atoms with Crippen LogP contribution in [-0.2, 0) is 16.1 Å². The highest BCUT2D eigenvalue weighted by Crippen LogP contribution is 2.40. The van der Waals surface area contributed by atoms with E-state index in [1.54, 1.807) is 81.2 Å². The number of aliphatic hydroxyl groups is 1. The van der Waals surface area contributed by atoms with E-state index in [1.165, 1.54) is 4.90 Å². The Bertz CT molecular complexity index is 1160. The molecule has 2 heterocycles. The topological polar surface area (TPSA) is 89.0 Å². The van der Waals surface area contributed by atoms with E-state index in [-0.39, 0.29) is 17.9 Å². The predicted molar refractivity (Wildman–Crippen MR) is 118 cm³/mol. The third-order valence-electron chi connectivity index (χ3n) is 5.41. The minimum Gasteiger partial charge on any atom is -0.507 e. The van der Waals surface area contributed by atoms with Crippen LogP contribution >= 0.6 is 0 Å². The highest BCUT2D eigenvalue weighted by atomic mass is 16.5. The molecular formula is C25H22N2O5. The molecule has 0 bridgehead atoms. The average Bonchev–Trinajstić information content (AvgIpc) is 3.09. The molecule has 1 unspecified atom stereocenters. The highest BCUT2D eigenvalue weighted by molar-refractivity contribution is 6.46. The molecule has 1 amide bonds. The zero-order valence-corrected chi connectivity index (χ0v) is 17.7. The number of Topliss-reactive ketones (excluding diaryl/α,β-unsaturated/α-hetero) is 1. The van der Waals surface area contributed by atoms with Gasteiger partial charge in [-0.15, -0.1) is 0 Å². The van der Waals surface area contributed by atoms with Gasteiger partial charge in [-0.05, 0) is 53.6 Å². The summed E-state index contributed by atoms with van der Waals surface area (Å²) < 4.78 is 10.4. The number of ketones is 1. The molecule has 1 aliphatic heterocycles. The fourth-order valence-electron chi connectivity index (χ4n) is 3.77. The number of ether oxygens (including phenoxy) is 2. The second-order valence-electron chi connectivity index (χ2n) is 7.29. The van der Waals surface area contributed by atoms with Gasteiger partial charge in [-0.1, -0.05) is 18.2 Å². The van der Waals surface area contributed by atoms with Gasteiger partial charge in [0.15, 0.2) is 0 Å². The van der Waals surface area contributed by atoms with Crippen LogP contribution in [0.5, 0.6) is 11.5 Å². The number of hydrogen-bond donors (Lipinski definition) is 1. The SMILES string of the molecule is COc1ccc(C(O)=C2C(=O)C(=O)N(Cc3cccnc3)C2c2ccc(OC)cc2)cc1. The molecule has 1 saturated heterocycles. The Labute approximate surface area is 185 Å². The summed E-state index contributed by atoms with van der Waals surface area (Å²) in [6, 6.07) is 16.6. The number of likely N-dealkylation sites (tertiary alicyclic amines) is 1. The third kappa shape index (κ3) is 3.92. The van der Waals surface area contributed by atoms with E-state index >= 15 is 0 Å². The van der Waals surface area contributed by atoms with Crippen LogP contribution in [0.2, 0.25) is 0 Å². The molecule has 7 heteroatoms. The molecule has 1 N–H and O–H groups in total. The quantitative estimate of drug-likeness (QED) is 0.364. The molecular weight excluding hydrogens is 408 g/mol. The fourth-order valence-corrected chi connectivity index (χ4v) is 3.77. The number of carbonyl (C=O) groups excluding carboxylic acids is 2. The first kappa shape index (κ1) is 21.1. The fraction of sp³-hybridized carbons (Fsp3) is 0.160. The summed E-state index contributed by atoms with van der Waals surface area (Å²) in [4.78, 5) is 31.7. The maximum atomic E-state index is 13.1. The molecule has 0 aliphatic carbocycles. The zero-order chi connectivity index (χ0) is 22.7.